The molecule has 5 amide bonds. The molecular weight excluding hydrogens is 576 g/mol. The van der Waals surface area contributed by atoms with Gasteiger partial charge in [0.05, 0.1) is 12.1 Å². The van der Waals surface area contributed by atoms with E-state index in [0.717, 1.165) is 12.8 Å². The lowest BCUT2D eigenvalue weighted by Gasteiger charge is -2.36. The number of Topliss-reactive ketones (excluding diaryl/α,β-unsaturated/α-hetero) is 2. The Morgan fingerprint density at radius 1 is 1.00 bits per heavy atom. The number of hydrogen-bond acceptors (Lipinski definition) is 7. The third-order valence-electron chi connectivity index (χ3n) is 8.77. The van der Waals surface area contributed by atoms with Crippen molar-refractivity contribution in [3.8, 4) is 0 Å². The minimum absolute atomic E-state index is 0.00218. The number of nitrogens with zero attached hydrogens (tertiary/aromatic N) is 2. The lowest BCUT2D eigenvalue weighted by Crippen LogP contribution is -2.61. The number of ketones is 2. The fourth-order valence-electron chi connectivity index (χ4n) is 5.70. The maximum absolute atomic E-state index is 14.2. The van der Waals surface area contributed by atoms with Gasteiger partial charge in [-0.15, -0.1) is 0 Å². The average molecular weight is 627 g/mol. The van der Waals surface area contributed by atoms with Crippen molar-refractivity contribution >= 4 is 35.3 Å². The molecule has 1 unspecified atom stereocenters. The smallest absolute Gasteiger partial charge is 0.316 e. The van der Waals surface area contributed by atoms with Gasteiger partial charge in [0.2, 0.25) is 23.4 Å². The highest BCUT2D eigenvalue weighted by atomic mass is 16.2. The van der Waals surface area contributed by atoms with Crippen molar-refractivity contribution in [3.05, 3.63) is 29.6 Å². The molecule has 1 saturated carbocycles. The van der Waals surface area contributed by atoms with E-state index >= 15 is 0 Å². The molecule has 2 heterocycles. The monoisotopic (exact) mass is 626 g/mol. The van der Waals surface area contributed by atoms with E-state index in [0.29, 0.717) is 18.5 Å². The number of carbonyl (C=O) groups excluding carboxylic acids is 6. The highest BCUT2D eigenvalue weighted by Crippen LogP contribution is 2.35. The van der Waals surface area contributed by atoms with Crippen LogP contribution in [0.3, 0.4) is 0 Å². The summed E-state index contributed by atoms with van der Waals surface area (Å²) in [6.45, 7) is 15.1. The minimum atomic E-state index is -1.11. The zero-order valence-corrected chi connectivity index (χ0v) is 27.8. The predicted molar refractivity (Wildman–Crippen MR) is 169 cm³/mol. The zero-order valence-electron chi connectivity index (χ0n) is 27.8. The van der Waals surface area contributed by atoms with Crippen molar-refractivity contribution in [2.75, 3.05) is 6.54 Å². The summed E-state index contributed by atoms with van der Waals surface area (Å²) in [6, 6.07) is 0.519. The first-order chi connectivity index (χ1) is 20.9. The normalized spacial score (nSPS) is 20.4. The Bertz CT molecular complexity index is 1300. The Hall–Kier alpha value is -3.83. The number of hydrogen-bond donors (Lipinski definition) is 4. The van der Waals surface area contributed by atoms with E-state index in [9.17, 15) is 28.8 Å². The van der Waals surface area contributed by atoms with Gasteiger partial charge in [-0.2, -0.15) is 0 Å². The summed E-state index contributed by atoms with van der Waals surface area (Å²) < 4.78 is 0. The van der Waals surface area contributed by atoms with Crippen LogP contribution in [0.4, 0.5) is 4.79 Å². The molecule has 248 valence electrons. The summed E-state index contributed by atoms with van der Waals surface area (Å²) in [5, 5.41) is 8.25. The molecule has 0 bridgehead atoms. The highest BCUT2D eigenvalue weighted by molar-refractivity contribution is 6.37. The number of urea groups is 1. The number of primary amides is 1. The highest BCUT2D eigenvalue weighted by Gasteiger charge is 2.46. The number of aromatic nitrogens is 1. The van der Waals surface area contributed by atoms with Crippen molar-refractivity contribution in [1.82, 2.24) is 25.8 Å². The minimum Gasteiger partial charge on any atom is -0.363 e. The fraction of sp³-hybridized carbons (Fsp3) is 0.667. The molecule has 12 nitrogen and oxygen atoms in total. The van der Waals surface area contributed by atoms with Gasteiger partial charge in [-0.05, 0) is 61.0 Å². The van der Waals surface area contributed by atoms with Gasteiger partial charge in [-0.1, -0.05) is 67.4 Å². The molecule has 1 aromatic heterocycles. The first-order valence-electron chi connectivity index (χ1n) is 15.9. The molecule has 2 aliphatic rings. The standard InChI is InChI=1S/C33H50N6O6/c1-17(2)21-15-24(30(43)36-23(14-20-12-13-20)27(41)29(34)42)39(16-21)31(44)28(33(6,7)8)38-32(45)37-25(18(3)4)26(40)22-11-9-10-19(5)35-22/h9-11,17-18,20-21,23-25,28H,12-16H2,1-8H3,(H2,34,42)(H,36,43)(H2,37,38,45)/t21-,23?,24+,25+,28-/m1/s1. The summed E-state index contributed by atoms with van der Waals surface area (Å²) in [6.07, 6.45) is 2.51. The van der Waals surface area contributed by atoms with E-state index in [1.807, 2.05) is 27.7 Å². The number of amides is 5. The van der Waals surface area contributed by atoms with E-state index in [-0.39, 0.29) is 41.7 Å². The Morgan fingerprint density at radius 3 is 2.16 bits per heavy atom. The van der Waals surface area contributed by atoms with Crippen LogP contribution in [-0.4, -0.2) is 75.9 Å². The van der Waals surface area contributed by atoms with Crippen LogP contribution >= 0.6 is 0 Å². The van der Waals surface area contributed by atoms with Crippen LogP contribution in [0.5, 0.6) is 0 Å². The third kappa shape index (κ3) is 9.34. The predicted octanol–water partition coefficient (Wildman–Crippen LogP) is 2.52. The summed E-state index contributed by atoms with van der Waals surface area (Å²) in [5.41, 5.74) is 5.41. The second-order valence-electron chi connectivity index (χ2n) is 14.4. The molecule has 3 rings (SSSR count). The second kappa shape index (κ2) is 14.5. The van der Waals surface area contributed by atoms with Gasteiger partial charge in [-0.3, -0.25) is 24.0 Å². The molecule has 5 N–H and O–H groups in total. The molecule has 0 radical (unpaired) electrons. The average Bonchev–Trinajstić information content (AvgIpc) is 3.65. The van der Waals surface area contributed by atoms with Gasteiger partial charge < -0.3 is 26.6 Å². The molecule has 1 aromatic rings. The lowest BCUT2D eigenvalue weighted by molar-refractivity contribution is -0.143. The first kappa shape index (κ1) is 35.6. The van der Waals surface area contributed by atoms with Crippen LogP contribution in [0.2, 0.25) is 0 Å². The SMILES string of the molecule is Cc1cccc(C(=O)[C@@H](NC(=O)N[C@H](C(=O)N2C[C@H](C(C)C)C[C@H]2C(=O)NC(CC2CC2)C(=O)C(N)=O)C(C)(C)C)C(C)C)n1. The largest absolute Gasteiger partial charge is 0.363 e. The van der Waals surface area contributed by atoms with Crippen LogP contribution in [0.25, 0.3) is 0 Å². The van der Waals surface area contributed by atoms with Gasteiger partial charge in [0.15, 0.2) is 0 Å². The van der Waals surface area contributed by atoms with Crippen LogP contribution in [0.15, 0.2) is 18.2 Å². The van der Waals surface area contributed by atoms with Gasteiger partial charge >= 0.3 is 6.03 Å². The number of rotatable bonds is 13. The van der Waals surface area contributed by atoms with Gasteiger partial charge in [-0.25, -0.2) is 9.78 Å². The van der Waals surface area contributed by atoms with Gasteiger partial charge in [0, 0.05) is 12.2 Å². The molecule has 0 spiro atoms. The Labute approximate surface area is 266 Å². The molecule has 45 heavy (non-hydrogen) atoms. The van der Waals surface area contributed by atoms with E-state index in [2.05, 4.69) is 20.9 Å². The van der Waals surface area contributed by atoms with Crippen LogP contribution in [-0.2, 0) is 19.2 Å². The Kier molecular flexibility index (Phi) is 11.5. The van der Waals surface area contributed by atoms with Crippen molar-refractivity contribution in [2.45, 2.75) is 105 Å². The van der Waals surface area contributed by atoms with E-state index in [1.54, 1.807) is 45.9 Å². The number of nitrogens with two attached hydrogens (primary N) is 1. The summed E-state index contributed by atoms with van der Waals surface area (Å²) in [7, 11) is 0. The number of likely N-dealkylation sites (tertiary alicyclic amines) is 1. The van der Waals surface area contributed by atoms with E-state index < -0.39 is 59.1 Å². The van der Waals surface area contributed by atoms with Crippen LogP contribution in [0, 0.1) is 36.0 Å². The summed E-state index contributed by atoms with van der Waals surface area (Å²) in [4.78, 5) is 84.6. The van der Waals surface area contributed by atoms with Gasteiger partial charge in [0.25, 0.3) is 5.91 Å². The second-order valence-corrected chi connectivity index (χ2v) is 14.4. The first-order valence-corrected chi connectivity index (χ1v) is 15.9. The van der Waals surface area contributed by atoms with Crippen molar-refractivity contribution in [3.63, 3.8) is 0 Å². The summed E-state index contributed by atoms with van der Waals surface area (Å²) in [5.74, 6) is -3.16. The topological polar surface area (TPSA) is 181 Å². The van der Waals surface area contributed by atoms with Crippen LogP contribution < -0.4 is 21.7 Å². The summed E-state index contributed by atoms with van der Waals surface area (Å²) >= 11 is 0. The van der Waals surface area contributed by atoms with Crippen molar-refractivity contribution < 1.29 is 28.8 Å². The molecule has 0 aromatic carbocycles. The molecule has 2 fully saturated rings. The quantitative estimate of drug-likeness (QED) is 0.192. The van der Waals surface area contributed by atoms with Crippen LogP contribution in [0.1, 0.15) is 90.3 Å². The van der Waals surface area contributed by atoms with Crippen molar-refractivity contribution in [2.24, 2.45) is 34.8 Å². The van der Waals surface area contributed by atoms with E-state index in [4.69, 9.17) is 5.73 Å². The fourth-order valence-corrected chi connectivity index (χ4v) is 5.70. The number of nitrogens with one attached hydrogen (secondary N) is 3. The molecule has 1 aliphatic carbocycles. The van der Waals surface area contributed by atoms with Gasteiger partial charge in [0.1, 0.15) is 17.8 Å². The van der Waals surface area contributed by atoms with Crippen molar-refractivity contribution in [1.29, 1.82) is 0 Å². The Morgan fingerprint density at radius 2 is 1.64 bits per heavy atom. The lowest BCUT2D eigenvalue weighted by atomic mass is 9.85. The number of aryl methyl sites for hydroxylation is 1. The molecule has 1 saturated heterocycles. The third-order valence-corrected chi connectivity index (χ3v) is 8.77. The maximum Gasteiger partial charge on any atom is 0.316 e. The Balaban J connectivity index is 1.82. The zero-order chi connectivity index (χ0) is 33.8. The number of carbonyl (C=O) groups is 6. The molecular formula is C33H50N6O6. The molecule has 12 heteroatoms. The molecule has 1 aliphatic heterocycles. The van der Waals surface area contributed by atoms with E-state index in [1.165, 1.54) is 4.90 Å². The number of pyridine rings is 1. The molecule has 5 atom stereocenters. The maximum atomic E-state index is 14.2.